The van der Waals surface area contributed by atoms with E-state index in [0.29, 0.717) is 6.04 Å². The first kappa shape index (κ1) is 9.04. The minimum absolute atomic E-state index is 0.373. The van der Waals surface area contributed by atoms with Crippen molar-refractivity contribution in [2.75, 3.05) is 19.6 Å². The highest BCUT2D eigenvalue weighted by Crippen LogP contribution is 2.09. The van der Waals surface area contributed by atoms with E-state index >= 15 is 0 Å². The van der Waals surface area contributed by atoms with Crippen LogP contribution in [0.1, 0.15) is 13.3 Å². The predicted molar refractivity (Wildman–Crippen MR) is 48.6 cm³/mol. The molecule has 1 atom stereocenters. The van der Waals surface area contributed by atoms with Crippen LogP contribution in [0.25, 0.3) is 0 Å². The van der Waals surface area contributed by atoms with Crippen LogP contribution in [-0.4, -0.2) is 30.6 Å². The first-order chi connectivity index (χ1) is 5.22. The van der Waals surface area contributed by atoms with Crippen LogP contribution >= 0.6 is 11.6 Å². The summed E-state index contributed by atoms with van der Waals surface area (Å²) in [5.41, 5.74) is 8.60. The van der Waals surface area contributed by atoms with Gasteiger partial charge in [0.2, 0.25) is 0 Å². The van der Waals surface area contributed by atoms with E-state index in [1.165, 1.54) is 5.57 Å². The fourth-order valence-corrected chi connectivity index (χ4v) is 1.46. The molecule has 2 nitrogen and oxygen atoms in total. The van der Waals surface area contributed by atoms with Crippen molar-refractivity contribution in [3.8, 4) is 0 Å². The Morgan fingerprint density at radius 3 is 3.00 bits per heavy atom. The summed E-state index contributed by atoms with van der Waals surface area (Å²) < 4.78 is 0. The smallest absolute Gasteiger partial charge is 0.0202 e. The van der Waals surface area contributed by atoms with Gasteiger partial charge in [-0.2, -0.15) is 0 Å². The number of likely N-dealkylation sites (tertiary alicyclic amines) is 1. The van der Waals surface area contributed by atoms with E-state index in [-0.39, 0.29) is 0 Å². The monoisotopic (exact) mass is 174 g/mol. The zero-order valence-electron chi connectivity index (χ0n) is 6.89. The summed E-state index contributed by atoms with van der Waals surface area (Å²) in [6, 6.07) is 0.373. The Balaban J connectivity index is 2.28. The van der Waals surface area contributed by atoms with E-state index in [1.807, 2.05) is 6.92 Å². The summed E-state index contributed by atoms with van der Waals surface area (Å²) in [4.78, 5) is 2.33. The van der Waals surface area contributed by atoms with Gasteiger partial charge in [0.1, 0.15) is 0 Å². The highest BCUT2D eigenvalue weighted by Gasteiger charge is 2.18. The molecule has 1 fully saturated rings. The van der Waals surface area contributed by atoms with E-state index in [0.717, 1.165) is 26.1 Å². The minimum Gasteiger partial charge on any atom is -0.326 e. The molecule has 11 heavy (non-hydrogen) atoms. The molecule has 1 saturated heterocycles. The van der Waals surface area contributed by atoms with Crippen molar-refractivity contribution in [2.24, 2.45) is 5.73 Å². The Morgan fingerprint density at radius 1 is 1.82 bits per heavy atom. The normalized spacial score (nSPS) is 27.9. The number of nitrogens with zero attached hydrogens (tertiary/aromatic N) is 1. The lowest BCUT2D eigenvalue weighted by Crippen LogP contribution is -2.27. The number of hydrogen-bond donors (Lipinski definition) is 1. The molecule has 0 aromatic heterocycles. The Bertz CT molecular complexity index is 156. The van der Waals surface area contributed by atoms with Gasteiger partial charge in [0.15, 0.2) is 0 Å². The van der Waals surface area contributed by atoms with Gasteiger partial charge in [-0.15, -0.1) is 0 Å². The largest absolute Gasteiger partial charge is 0.326 e. The molecule has 0 aromatic rings. The Kier molecular flexibility index (Phi) is 3.37. The van der Waals surface area contributed by atoms with Crippen molar-refractivity contribution in [2.45, 2.75) is 19.4 Å². The fourth-order valence-electron chi connectivity index (χ4n) is 1.39. The third-order valence-corrected chi connectivity index (χ3v) is 2.34. The topological polar surface area (TPSA) is 29.3 Å². The molecule has 0 bridgehead atoms. The van der Waals surface area contributed by atoms with E-state index < -0.39 is 0 Å². The molecule has 0 aromatic carbocycles. The summed E-state index contributed by atoms with van der Waals surface area (Å²) >= 11 is 5.55. The first-order valence-corrected chi connectivity index (χ1v) is 4.40. The van der Waals surface area contributed by atoms with Crippen molar-refractivity contribution in [3.05, 3.63) is 11.1 Å². The standard InChI is InChI=1S/C8H15ClN2/c1-7(4-9)5-11-3-2-8(10)6-11/h4,8H,2-3,5-6,10H2,1H3/t8-/m1/s1. The van der Waals surface area contributed by atoms with Gasteiger partial charge in [-0.3, -0.25) is 4.90 Å². The molecular formula is C8H15ClN2. The SMILES string of the molecule is CC(=CCl)CN1CC[C@@H](N)C1. The minimum atomic E-state index is 0.373. The lowest BCUT2D eigenvalue weighted by molar-refractivity contribution is 0.363. The zero-order valence-corrected chi connectivity index (χ0v) is 7.64. The van der Waals surface area contributed by atoms with Crippen LogP contribution in [0.2, 0.25) is 0 Å². The fraction of sp³-hybridized carbons (Fsp3) is 0.750. The summed E-state index contributed by atoms with van der Waals surface area (Å²) in [5, 5.41) is 0. The molecular weight excluding hydrogens is 160 g/mol. The summed E-state index contributed by atoms with van der Waals surface area (Å²) in [6.07, 6.45) is 1.12. The molecule has 1 aliphatic heterocycles. The van der Waals surface area contributed by atoms with Crippen LogP contribution in [0.4, 0.5) is 0 Å². The highest BCUT2D eigenvalue weighted by atomic mass is 35.5. The second kappa shape index (κ2) is 4.10. The van der Waals surface area contributed by atoms with E-state index in [2.05, 4.69) is 4.90 Å². The maximum atomic E-state index is 5.75. The number of hydrogen-bond acceptors (Lipinski definition) is 2. The second-order valence-corrected chi connectivity index (χ2v) is 3.46. The van der Waals surface area contributed by atoms with E-state index in [9.17, 15) is 0 Å². The molecule has 1 heterocycles. The number of halogens is 1. The maximum absolute atomic E-state index is 5.75. The molecule has 2 N–H and O–H groups in total. The second-order valence-electron chi connectivity index (χ2n) is 3.24. The molecule has 0 saturated carbocycles. The van der Waals surface area contributed by atoms with Crippen LogP contribution in [0.3, 0.4) is 0 Å². The predicted octanol–water partition coefficient (Wildman–Crippen LogP) is 1.16. The van der Waals surface area contributed by atoms with Gasteiger partial charge in [-0.1, -0.05) is 11.6 Å². The van der Waals surface area contributed by atoms with Crippen LogP contribution in [0.15, 0.2) is 11.1 Å². The quantitative estimate of drug-likeness (QED) is 0.681. The molecule has 64 valence electrons. The van der Waals surface area contributed by atoms with E-state index in [4.69, 9.17) is 17.3 Å². The molecule has 0 spiro atoms. The van der Waals surface area contributed by atoms with Crippen molar-refractivity contribution in [3.63, 3.8) is 0 Å². The van der Waals surface area contributed by atoms with Gasteiger partial charge in [-0.25, -0.2) is 0 Å². The zero-order chi connectivity index (χ0) is 8.27. The molecule has 0 amide bonds. The molecule has 0 unspecified atom stereocenters. The highest BCUT2D eigenvalue weighted by molar-refractivity contribution is 6.25. The lowest BCUT2D eigenvalue weighted by Gasteiger charge is -2.14. The van der Waals surface area contributed by atoms with Crippen LogP contribution in [-0.2, 0) is 0 Å². The lowest BCUT2D eigenvalue weighted by atomic mass is 10.3. The number of rotatable bonds is 2. The van der Waals surface area contributed by atoms with Crippen LogP contribution in [0.5, 0.6) is 0 Å². The van der Waals surface area contributed by atoms with Gasteiger partial charge < -0.3 is 5.73 Å². The molecule has 0 radical (unpaired) electrons. The van der Waals surface area contributed by atoms with Gasteiger partial charge >= 0.3 is 0 Å². The first-order valence-electron chi connectivity index (χ1n) is 3.96. The maximum Gasteiger partial charge on any atom is 0.0202 e. The average molecular weight is 175 g/mol. The Labute approximate surface area is 73.0 Å². The van der Waals surface area contributed by atoms with Crippen molar-refractivity contribution in [1.29, 1.82) is 0 Å². The summed E-state index contributed by atoms with van der Waals surface area (Å²) in [7, 11) is 0. The van der Waals surface area contributed by atoms with E-state index in [1.54, 1.807) is 5.54 Å². The molecule has 1 rings (SSSR count). The molecule has 1 aliphatic rings. The summed E-state index contributed by atoms with van der Waals surface area (Å²) in [6.45, 7) is 5.14. The van der Waals surface area contributed by atoms with Crippen molar-refractivity contribution >= 4 is 11.6 Å². The van der Waals surface area contributed by atoms with Crippen molar-refractivity contribution in [1.82, 2.24) is 4.90 Å². The molecule has 3 heteroatoms. The van der Waals surface area contributed by atoms with Gasteiger partial charge in [0.25, 0.3) is 0 Å². The summed E-state index contributed by atoms with van der Waals surface area (Å²) in [5.74, 6) is 0. The van der Waals surface area contributed by atoms with Gasteiger partial charge in [-0.05, 0) is 18.9 Å². The third kappa shape index (κ3) is 2.81. The Morgan fingerprint density at radius 2 is 2.55 bits per heavy atom. The van der Waals surface area contributed by atoms with Crippen molar-refractivity contribution < 1.29 is 0 Å². The third-order valence-electron chi connectivity index (χ3n) is 1.97. The number of nitrogens with two attached hydrogens (primary N) is 1. The van der Waals surface area contributed by atoms with Crippen LogP contribution < -0.4 is 5.73 Å². The molecule has 0 aliphatic carbocycles. The van der Waals surface area contributed by atoms with Crippen LogP contribution in [0, 0.1) is 0 Å². The average Bonchev–Trinajstić information content (AvgIpc) is 2.35. The van der Waals surface area contributed by atoms with Gasteiger partial charge in [0.05, 0.1) is 0 Å². The van der Waals surface area contributed by atoms with Gasteiger partial charge in [0, 0.05) is 31.2 Å². The Hall–Kier alpha value is -0.0500.